The minimum atomic E-state index is -0.205. The maximum Gasteiger partial charge on any atom is 0.124 e. The van der Waals surface area contributed by atoms with E-state index in [4.69, 9.17) is 0 Å². The Labute approximate surface area is 130 Å². The highest BCUT2D eigenvalue weighted by Gasteiger charge is 2.20. The first-order valence-electron chi connectivity index (χ1n) is 7.30. The molecule has 0 saturated heterocycles. The fourth-order valence-corrected chi connectivity index (χ4v) is 3.11. The summed E-state index contributed by atoms with van der Waals surface area (Å²) in [6.45, 7) is 6.21. The third-order valence-corrected chi connectivity index (χ3v) is 4.68. The maximum atomic E-state index is 13.0. The standard InChI is InChI=1S/C16H26BrFN2/c1-5-12(6-2)16(20(3)4)11-19-10-13-7-8-14(18)9-15(13)17/h7-9,12,16,19H,5-6,10-11H2,1-4H3. The van der Waals surface area contributed by atoms with Crippen molar-refractivity contribution in [3.63, 3.8) is 0 Å². The lowest BCUT2D eigenvalue weighted by molar-refractivity contribution is 0.194. The van der Waals surface area contributed by atoms with Gasteiger partial charge in [-0.1, -0.05) is 48.7 Å². The maximum absolute atomic E-state index is 13.0. The van der Waals surface area contributed by atoms with Gasteiger partial charge in [0.1, 0.15) is 5.82 Å². The minimum absolute atomic E-state index is 0.205. The third-order valence-electron chi connectivity index (χ3n) is 3.94. The van der Waals surface area contributed by atoms with Gasteiger partial charge in [0.25, 0.3) is 0 Å². The number of nitrogens with one attached hydrogen (secondary N) is 1. The van der Waals surface area contributed by atoms with Gasteiger partial charge in [-0.05, 0) is 37.7 Å². The minimum Gasteiger partial charge on any atom is -0.311 e. The molecule has 1 unspecified atom stereocenters. The van der Waals surface area contributed by atoms with Gasteiger partial charge in [0.05, 0.1) is 0 Å². The molecule has 2 nitrogen and oxygen atoms in total. The van der Waals surface area contributed by atoms with E-state index < -0.39 is 0 Å². The number of hydrogen-bond donors (Lipinski definition) is 1. The van der Waals surface area contributed by atoms with Crippen LogP contribution in [0.4, 0.5) is 4.39 Å². The first-order chi connectivity index (χ1) is 9.49. The molecule has 0 aromatic heterocycles. The molecule has 0 radical (unpaired) electrons. The molecule has 1 aromatic carbocycles. The van der Waals surface area contributed by atoms with Crippen molar-refractivity contribution in [3.05, 3.63) is 34.1 Å². The van der Waals surface area contributed by atoms with E-state index in [2.05, 4.69) is 54.1 Å². The molecule has 1 atom stereocenters. The summed E-state index contributed by atoms with van der Waals surface area (Å²) in [7, 11) is 4.27. The van der Waals surface area contributed by atoms with Gasteiger partial charge >= 0.3 is 0 Å². The Morgan fingerprint density at radius 3 is 2.40 bits per heavy atom. The van der Waals surface area contributed by atoms with Crippen LogP contribution in [0.1, 0.15) is 32.3 Å². The predicted molar refractivity (Wildman–Crippen MR) is 87.4 cm³/mol. The molecule has 0 fully saturated rings. The Balaban J connectivity index is 2.56. The van der Waals surface area contributed by atoms with Gasteiger partial charge in [-0.3, -0.25) is 0 Å². The molecule has 1 rings (SSSR count). The zero-order valence-electron chi connectivity index (χ0n) is 12.9. The summed E-state index contributed by atoms with van der Waals surface area (Å²) >= 11 is 3.41. The predicted octanol–water partition coefficient (Wildman–Crippen LogP) is 4.04. The summed E-state index contributed by atoms with van der Waals surface area (Å²) in [6, 6.07) is 5.38. The molecule has 4 heteroatoms. The van der Waals surface area contributed by atoms with E-state index in [9.17, 15) is 4.39 Å². The molecule has 1 N–H and O–H groups in total. The molecule has 0 aliphatic rings. The quantitative estimate of drug-likeness (QED) is 0.765. The molecular weight excluding hydrogens is 319 g/mol. The van der Waals surface area contributed by atoms with E-state index >= 15 is 0 Å². The molecule has 0 amide bonds. The summed E-state index contributed by atoms with van der Waals surface area (Å²) in [5.74, 6) is 0.498. The lowest BCUT2D eigenvalue weighted by Crippen LogP contribution is -2.42. The number of halogens is 2. The Kier molecular flexibility index (Phi) is 7.70. The van der Waals surface area contributed by atoms with Gasteiger partial charge in [0.15, 0.2) is 0 Å². The van der Waals surface area contributed by atoms with Crippen molar-refractivity contribution in [2.45, 2.75) is 39.3 Å². The van der Waals surface area contributed by atoms with Crippen LogP contribution in [-0.4, -0.2) is 31.6 Å². The molecule has 0 saturated carbocycles. The van der Waals surface area contributed by atoms with Crippen LogP contribution >= 0.6 is 15.9 Å². The van der Waals surface area contributed by atoms with Crippen molar-refractivity contribution in [1.29, 1.82) is 0 Å². The fraction of sp³-hybridized carbons (Fsp3) is 0.625. The highest BCUT2D eigenvalue weighted by molar-refractivity contribution is 9.10. The lowest BCUT2D eigenvalue weighted by Gasteiger charge is -2.31. The number of nitrogens with zero attached hydrogens (tertiary/aromatic N) is 1. The summed E-state index contributed by atoms with van der Waals surface area (Å²) in [4.78, 5) is 2.30. The van der Waals surface area contributed by atoms with E-state index in [0.29, 0.717) is 12.0 Å². The smallest absolute Gasteiger partial charge is 0.124 e. The number of benzene rings is 1. The van der Waals surface area contributed by atoms with E-state index in [0.717, 1.165) is 23.1 Å². The van der Waals surface area contributed by atoms with Crippen molar-refractivity contribution in [1.82, 2.24) is 10.2 Å². The van der Waals surface area contributed by atoms with Crippen molar-refractivity contribution in [2.24, 2.45) is 5.92 Å². The molecule has 0 spiro atoms. The second kappa shape index (κ2) is 8.75. The summed E-state index contributed by atoms with van der Waals surface area (Å²) in [6.07, 6.45) is 2.39. The van der Waals surface area contributed by atoms with Crippen LogP contribution in [0.25, 0.3) is 0 Å². The van der Waals surface area contributed by atoms with Crippen LogP contribution in [0.3, 0.4) is 0 Å². The summed E-state index contributed by atoms with van der Waals surface area (Å²) in [5, 5.41) is 3.50. The molecule has 0 aliphatic carbocycles. The second-order valence-corrected chi connectivity index (χ2v) is 6.33. The van der Waals surface area contributed by atoms with Crippen LogP contribution in [-0.2, 0) is 6.54 Å². The molecule has 20 heavy (non-hydrogen) atoms. The van der Waals surface area contributed by atoms with Gasteiger partial charge in [-0.15, -0.1) is 0 Å². The van der Waals surface area contributed by atoms with Crippen LogP contribution < -0.4 is 5.32 Å². The van der Waals surface area contributed by atoms with Crippen molar-refractivity contribution in [3.8, 4) is 0 Å². The number of rotatable bonds is 8. The van der Waals surface area contributed by atoms with Gasteiger partial charge in [-0.25, -0.2) is 4.39 Å². The number of hydrogen-bond acceptors (Lipinski definition) is 2. The van der Waals surface area contributed by atoms with E-state index in [1.807, 2.05) is 6.07 Å². The van der Waals surface area contributed by atoms with Crippen LogP contribution in [0.2, 0.25) is 0 Å². The van der Waals surface area contributed by atoms with E-state index in [-0.39, 0.29) is 5.82 Å². The summed E-state index contributed by atoms with van der Waals surface area (Å²) in [5.41, 5.74) is 1.09. The van der Waals surface area contributed by atoms with Crippen LogP contribution in [0.15, 0.2) is 22.7 Å². The number of likely N-dealkylation sites (N-methyl/N-ethyl adjacent to an activating group) is 1. The SMILES string of the molecule is CCC(CC)C(CNCc1ccc(F)cc1Br)N(C)C. The first kappa shape index (κ1) is 17.6. The Morgan fingerprint density at radius 1 is 1.25 bits per heavy atom. The fourth-order valence-electron chi connectivity index (χ4n) is 2.62. The average Bonchev–Trinajstić information content (AvgIpc) is 2.40. The van der Waals surface area contributed by atoms with Crippen LogP contribution in [0.5, 0.6) is 0 Å². The van der Waals surface area contributed by atoms with Gasteiger partial charge in [0, 0.05) is 23.6 Å². The molecule has 114 valence electrons. The Bertz CT molecular complexity index is 405. The summed E-state index contributed by atoms with van der Waals surface area (Å²) < 4.78 is 13.9. The largest absolute Gasteiger partial charge is 0.311 e. The second-order valence-electron chi connectivity index (χ2n) is 5.47. The molecule has 0 bridgehead atoms. The van der Waals surface area contributed by atoms with Crippen molar-refractivity contribution in [2.75, 3.05) is 20.6 Å². The van der Waals surface area contributed by atoms with Gasteiger partial charge < -0.3 is 10.2 Å². The zero-order valence-corrected chi connectivity index (χ0v) is 14.5. The molecular formula is C16H26BrFN2. The highest BCUT2D eigenvalue weighted by Crippen LogP contribution is 2.19. The Morgan fingerprint density at radius 2 is 1.90 bits per heavy atom. The first-order valence-corrected chi connectivity index (χ1v) is 8.09. The molecule has 1 aromatic rings. The molecule has 0 aliphatic heterocycles. The average molecular weight is 345 g/mol. The van der Waals surface area contributed by atoms with E-state index in [1.165, 1.54) is 25.0 Å². The van der Waals surface area contributed by atoms with Crippen molar-refractivity contribution >= 4 is 15.9 Å². The van der Waals surface area contributed by atoms with E-state index in [1.54, 1.807) is 0 Å². The lowest BCUT2D eigenvalue weighted by atomic mass is 9.93. The van der Waals surface area contributed by atoms with Gasteiger partial charge in [0.2, 0.25) is 0 Å². The van der Waals surface area contributed by atoms with Crippen LogP contribution in [0, 0.1) is 11.7 Å². The zero-order chi connectivity index (χ0) is 15.1. The topological polar surface area (TPSA) is 15.3 Å². The van der Waals surface area contributed by atoms with Gasteiger partial charge in [-0.2, -0.15) is 0 Å². The normalized spacial score (nSPS) is 13.2. The molecule has 0 heterocycles. The third kappa shape index (κ3) is 5.15. The Hall–Kier alpha value is -0.450. The monoisotopic (exact) mass is 344 g/mol. The highest BCUT2D eigenvalue weighted by atomic mass is 79.9. The van der Waals surface area contributed by atoms with Crippen molar-refractivity contribution < 1.29 is 4.39 Å².